The number of para-hydroxylation sites is 1. The minimum Gasteiger partial charge on any atom is -0.497 e. The summed E-state index contributed by atoms with van der Waals surface area (Å²) in [5.74, 6) is 1.90. The van der Waals surface area contributed by atoms with Crippen LogP contribution in [0.3, 0.4) is 0 Å². The zero-order valence-corrected chi connectivity index (χ0v) is 26.4. The van der Waals surface area contributed by atoms with E-state index in [1.807, 2.05) is 73.7 Å². The Balaban J connectivity index is 1.20. The summed E-state index contributed by atoms with van der Waals surface area (Å²) in [7, 11) is 1.61. The van der Waals surface area contributed by atoms with Crippen LogP contribution in [0.25, 0.3) is 5.69 Å². The van der Waals surface area contributed by atoms with Crippen LogP contribution in [0.5, 0.6) is 5.75 Å². The molecule has 5 rings (SSSR count). The summed E-state index contributed by atoms with van der Waals surface area (Å²) < 4.78 is 7.06. The minimum atomic E-state index is -0.308. The van der Waals surface area contributed by atoms with Gasteiger partial charge < -0.3 is 10.1 Å². The molecule has 1 aliphatic heterocycles. The first-order valence-electron chi connectivity index (χ1n) is 15.3. The fraction of sp³-hybridized carbons (Fsp3) is 0.361. The molecule has 1 aromatic heterocycles. The molecule has 1 fully saturated rings. The quantitative estimate of drug-likeness (QED) is 0.199. The number of methoxy groups -OCH3 is 1. The second-order valence-corrected chi connectivity index (χ2v) is 12.7. The third kappa shape index (κ3) is 7.74. The summed E-state index contributed by atoms with van der Waals surface area (Å²) in [5, 5.41) is 11.0. The molecule has 0 spiro atoms. The molecular weight excluding hydrogens is 550 g/mol. The number of nitrogens with zero attached hydrogens (tertiary/aromatic N) is 3. The number of anilines is 2. The van der Waals surface area contributed by atoms with Gasteiger partial charge in [-0.05, 0) is 81.1 Å². The van der Waals surface area contributed by atoms with Crippen LogP contribution in [0.2, 0.25) is 0 Å². The SMILES string of the molecule is COc1cccc(C(=O)CN2CCC(Cc3ccccc3NC(=O)Nc3cc(C(C)(C)C)nn3-c3ccc(C)cc3)CC2)c1. The summed E-state index contributed by atoms with van der Waals surface area (Å²) in [5.41, 5.74) is 5.36. The molecule has 0 radical (unpaired) electrons. The van der Waals surface area contributed by atoms with E-state index in [2.05, 4.69) is 42.4 Å². The first-order chi connectivity index (χ1) is 21.1. The lowest BCUT2D eigenvalue weighted by molar-refractivity contribution is 0.0895. The monoisotopic (exact) mass is 593 g/mol. The number of carbonyl (C=O) groups is 2. The van der Waals surface area contributed by atoms with Crippen molar-refractivity contribution in [2.24, 2.45) is 5.92 Å². The predicted octanol–water partition coefficient (Wildman–Crippen LogP) is 7.27. The van der Waals surface area contributed by atoms with Crippen LogP contribution >= 0.6 is 0 Å². The minimum absolute atomic E-state index is 0.112. The van der Waals surface area contributed by atoms with E-state index >= 15 is 0 Å². The molecule has 8 nitrogen and oxygen atoms in total. The van der Waals surface area contributed by atoms with Crippen molar-refractivity contribution in [1.29, 1.82) is 0 Å². The van der Waals surface area contributed by atoms with E-state index in [0.29, 0.717) is 29.6 Å². The second-order valence-electron chi connectivity index (χ2n) is 12.7. The lowest BCUT2D eigenvalue weighted by Crippen LogP contribution is -2.37. The number of aromatic nitrogens is 2. The first-order valence-corrected chi connectivity index (χ1v) is 15.3. The van der Waals surface area contributed by atoms with Gasteiger partial charge in [0.05, 0.1) is 25.0 Å². The predicted molar refractivity (Wildman–Crippen MR) is 176 cm³/mol. The molecule has 0 bridgehead atoms. The van der Waals surface area contributed by atoms with Crippen LogP contribution in [0.4, 0.5) is 16.3 Å². The molecule has 2 amide bonds. The van der Waals surface area contributed by atoms with Gasteiger partial charge >= 0.3 is 6.03 Å². The molecule has 0 saturated carbocycles. The van der Waals surface area contributed by atoms with Gasteiger partial charge in [-0.1, -0.05) is 68.8 Å². The van der Waals surface area contributed by atoms with Gasteiger partial charge in [0.25, 0.3) is 0 Å². The Morgan fingerprint density at radius 3 is 2.36 bits per heavy atom. The number of urea groups is 1. The molecule has 3 aromatic carbocycles. The van der Waals surface area contributed by atoms with E-state index in [-0.39, 0.29) is 17.2 Å². The van der Waals surface area contributed by atoms with Gasteiger partial charge in [-0.25, -0.2) is 9.48 Å². The lowest BCUT2D eigenvalue weighted by Gasteiger charge is -2.31. The van der Waals surface area contributed by atoms with E-state index in [4.69, 9.17) is 9.84 Å². The Labute approximate surface area is 260 Å². The zero-order valence-electron chi connectivity index (χ0n) is 26.4. The van der Waals surface area contributed by atoms with Crippen LogP contribution in [-0.4, -0.2) is 53.2 Å². The Morgan fingerprint density at radius 1 is 0.932 bits per heavy atom. The van der Waals surface area contributed by atoms with Gasteiger partial charge in [-0.2, -0.15) is 5.10 Å². The average Bonchev–Trinajstić information content (AvgIpc) is 3.44. The Bertz CT molecular complexity index is 1590. The highest BCUT2D eigenvalue weighted by atomic mass is 16.5. The van der Waals surface area contributed by atoms with Gasteiger partial charge in [0, 0.05) is 22.7 Å². The van der Waals surface area contributed by atoms with E-state index < -0.39 is 0 Å². The van der Waals surface area contributed by atoms with Crippen LogP contribution in [0.15, 0.2) is 78.9 Å². The molecule has 44 heavy (non-hydrogen) atoms. The van der Waals surface area contributed by atoms with E-state index in [0.717, 1.165) is 60.5 Å². The van der Waals surface area contributed by atoms with Crippen molar-refractivity contribution in [3.05, 3.63) is 101 Å². The number of hydrogen-bond donors (Lipinski definition) is 2. The van der Waals surface area contributed by atoms with E-state index in [1.165, 1.54) is 0 Å². The van der Waals surface area contributed by atoms with Crippen LogP contribution in [-0.2, 0) is 11.8 Å². The molecule has 8 heteroatoms. The third-order valence-corrected chi connectivity index (χ3v) is 8.24. The zero-order chi connectivity index (χ0) is 31.3. The maximum Gasteiger partial charge on any atom is 0.324 e. The van der Waals surface area contributed by atoms with Crippen molar-refractivity contribution in [2.45, 2.75) is 52.4 Å². The normalized spacial score (nSPS) is 14.3. The summed E-state index contributed by atoms with van der Waals surface area (Å²) >= 11 is 0. The maximum absolute atomic E-state index is 13.3. The van der Waals surface area contributed by atoms with E-state index in [9.17, 15) is 9.59 Å². The highest BCUT2D eigenvalue weighted by Gasteiger charge is 2.24. The standard InChI is InChI=1S/C36H43N5O3/c1-25-13-15-29(16-14-25)41-34(23-33(39-41)36(2,3)4)38-35(43)37-31-12-7-6-9-27(31)21-26-17-19-40(20-18-26)24-32(42)28-10-8-11-30(22-28)44-5/h6-16,22-23,26H,17-21,24H2,1-5H3,(H2,37,38,43). The fourth-order valence-corrected chi connectivity index (χ4v) is 5.56. The molecule has 0 aliphatic carbocycles. The molecular formula is C36H43N5O3. The Morgan fingerprint density at radius 2 is 1.66 bits per heavy atom. The molecule has 1 aliphatic rings. The molecule has 1 saturated heterocycles. The number of ketones is 1. The number of benzene rings is 3. The maximum atomic E-state index is 13.3. The molecule has 0 atom stereocenters. The summed E-state index contributed by atoms with van der Waals surface area (Å²) in [6, 6.07) is 25.1. The average molecular weight is 594 g/mol. The fourth-order valence-electron chi connectivity index (χ4n) is 5.56. The number of likely N-dealkylation sites (tertiary alicyclic amines) is 1. The van der Waals surface area contributed by atoms with Crippen molar-refractivity contribution in [1.82, 2.24) is 14.7 Å². The summed E-state index contributed by atoms with van der Waals surface area (Å²) in [6.07, 6.45) is 2.86. The van der Waals surface area contributed by atoms with Gasteiger partial charge in [-0.3, -0.25) is 15.0 Å². The molecule has 4 aromatic rings. The number of nitrogens with one attached hydrogen (secondary N) is 2. The largest absolute Gasteiger partial charge is 0.497 e. The summed E-state index contributed by atoms with van der Waals surface area (Å²) in [6.45, 7) is 10.5. The Hall–Kier alpha value is -4.43. The topological polar surface area (TPSA) is 88.5 Å². The number of rotatable bonds is 9. The number of hydrogen-bond acceptors (Lipinski definition) is 5. The van der Waals surface area contributed by atoms with Crippen molar-refractivity contribution in [2.75, 3.05) is 37.4 Å². The summed E-state index contributed by atoms with van der Waals surface area (Å²) in [4.78, 5) is 28.4. The molecule has 0 unspecified atom stereocenters. The lowest BCUT2D eigenvalue weighted by atomic mass is 9.89. The van der Waals surface area contributed by atoms with Gasteiger partial charge in [0.15, 0.2) is 5.78 Å². The third-order valence-electron chi connectivity index (χ3n) is 8.24. The van der Waals surface area contributed by atoms with Gasteiger partial charge in [0.1, 0.15) is 11.6 Å². The highest BCUT2D eigenvalue weighted by Crippen LogP contribution is 2.28. The van der Waals surface area contributed by atoms with Crippen LogP contribution in [0, 0.1) is 12.8 Å². The van der Waals surface area contributed by atoms with Crippen molar-refractivity contribution < 1.29 is 14.3 Å². The van der Waals surface area contributed by atoms with Gasteiger partial charge in [0.2, 0.25) is 0 Å². The smallest absolute Gasteiger partial charge is 0.324 e. The number of Topliss-reactive ketones (excluding diaryl/α,β-unsaturated/α-hetero) is 1. The molecule has 2 heterocycles. The van der Waals surface area contributed by atoms with E-state index in [1.54, 1.807) is 17.9 Å². The van der Waals surface area contributed by atoms with Crippen LogP contribution < -0.4 is 15.4 Å². The van der Waals surface area contributed by atoms with Crippen LogP contribution in [0.1, 0.15) is 60.8 Å². The van der Waals surface area contributed by atoms with Crippen molar-refractivity contribution in [3.8, 4) is 11.4 Å². The number of aryl methyl sites for hydroxylation is 1. The number of carbonyl (C=O) groups excluding carboxylic acids is 2. The van der Waals surface area contributed by atoms with Crippen molar-refractivity contribution >= 4 is 23.3 Å². The number of piperidine rings is 1. The second kappa shape index (κ2) is 13.5. The van der Waals surface area contributed by atoms with Crippen molar-refractivity contribution in [3.63, 3.8) is 0 Å². The molecule has 2 N–H and O–H groups in total. The number of ether oxygens (including phenoxy) is 1. The Kier molecular flexibility index (Phi) is 9.49. The highest BCUT2D eigenvalue weighted by molar-refractivity contribution is 6.00. The van der Waals surface area contributed by atoms with Gasteiger partial charge in [-0.15, -0.1) is 0 Å². The molecule has 230 valence electrons. The number of amides is 2. The first kappa shape index (κ1) is 31.0.